The standard InChI is InChI=1S/C13H21N3O2S/c14-12-4-1-5-13-15-11(8-16(12)13)7-10-3-2-6-19(17,18)9-10/h8,10,12H,1-7,9,14H2. The van der Waals surface area contributed by atoms with Crippen LogP contribution in [0.2, 0.25) is 0 Å². The zero-order chi connectivity index (χ0) is 13.5. The molecule has 1 fully saturated rings. The van der Waals surface area contributed by atoms with Crippen molar-refractivity contribution in [2.75, 3.05) is 11.5 Å². The van der Waals surface area contributed by atoms with E-state index >= 15 is 0 Å². The minimum absolute atomic E-state index is 0.0417. The van der Waals surface area contributed by atoms with Crippen molar-refractivity contribution < 1.29 is 8.42 Å². The number of hydrogen-bond acceptors (Lipinski definition) is 4. The third-order valence-electron chi connectivity index (χ3n) is 4.17. The van der Waals surface area contributed by atoms with E-state index in [0.29, 0.717) is 11.5 Å². The fraction of sp³-hybridized carbons (Fsp3) is 0.769. The molecule has 2 unspecified atom stereocenters. The van der Waals surface area contributed by atoms with Crippen LogP contribution in [0.3, 0.4) is 0 Å². The summed E-state index contributed by atoms with van der Waals surface area (Å²) in [6, 6.07) is 0. The second kappa shape index (κ2) is 4.90. The highest BCUT2D eigenvalue weighted by molar-refractivity contribution is 7.91. The fourth-order valence-electron chi connectivity index (χ4n) is 3.24. The van der Waals surface area contributed by atoms with Crippen LogP contribution in [0.5, 0.6) is 0 Å². The molecular weight excluding hydrogens is 262 g/mol. The van der Waals surface area contributed by atoms with E-state index in [1.54, 1.807) is 0 Å². The van der Waals surface area contributed by atoms with Crippen LogP contribution in [0.1, 0.15) is 43.4 Å². The van der Waals surface area contributed by atoms with Gasteiger partial charge in [0.1, 0.15) is 5.82 Å². The number of hydrogen-bond donors (Lipinski definition) is 1. The smallest absolute Gasteiger partial charge is 0.150 e. The highest BCUT2D eigenvalue weighted by Gasteiger charge is 2.26. The van der Waals surface area contributed by atoms with Crippen LogP contribution in [-0.2, 0) is 22.7 Å². The lowest BCUT2D eigenvalue weighted by molar-refractivity contribution is 0.408. The number of imidazole rings is 1. The zero-order valence-corrected chi connectivity index (χ0v) is 11.9. The topological polar surface area (TPSA) is 78.0 Å². The maximum absolute atomic E-state index is 11.7. The summed E-state index contributed by atoms with van der Waals surface area (Å²) in [5.74, 6) is 1.97. The summed E-state index contributed by atoms with van der Waals surface area (Å²) in [4.78, 5) is 4.63. The van der Waals surface area contributed by atoms with E-state index < -0.39 is 9.84 Å². The van der Waals surface area contributed by atoms with E-state index in [-0.39, 0.29) is 12.1 Å². The zero-order valence-electron chi connectivity index (χ0n) is 11.1. The summed E-state index contributed by atoms with van der Waals surface area (Å²) in [6.45, 7) is 0. The van der Waals surface area contributed by atoms with Crippen LogP contribution in [0.4, 0.5) is 0 Å². The van der Waals surface area contributed by atoms with Gasteiger partial charge in [0.15, 0.2) is 9.84 Å². The predicted molar refractivity (Wildman–Crippen MR) is 73.5 cm³/mol. The summed E-state index contributed by atoms with van der Waals surface area (Å²) in [7, 11) is -2.82. The summed E-state index contributed by atoms with van der Waals surface area (Å²) in [5, 5.41) is 0. The highest BCUT2D eigenvalue weighted by atomic mass is 32.2. The van der Waals surface area contributed by atoms with Crippen LogP contribution in [0.25, 0.3) is 0 Å². The van der Waals surface area contributed by atoms with Gasteiger partial charge in [-0.3, -0.25) is 0 Å². The fourth-order valence-corrected chi connectivity index (χ4v) is 5.02. The predicted octanol–water partition coefficient (Wildman–Crippen LogP) is 1.04. The number of rotatable bonds is 2. The monoisotopic (exact) mass is 283 g/mol. The van der Waals surface area contributed by atoms with Crippen molar-refractivity contribution in [2.24, 2.45) is 11.7 Å². The first-order chi connectivity index (χ1) is 9.03. The Morgan fingerprint density at radius 2 is 2.21 bits per heavy atom. The summed E-state index contributed by atoms with van der Waals surface area (Å²) in [6.07, 6.45) is 7.70. The first kappa shape index (κ1) is 13.1. The molecule has 0 saturated carbocycles. The number of nitrogens with two attached hydrogens (primary N) is 1. The first-order valence-corrected chi connectivity index (χ1v) is 8.88. The molecule has 3 rings (SSSR count). The Morgan fingerprint density at radius 3 is 2.95 bits per heavy atom. The number of fused-ring (bicyclic) bond motifs is 1. The Labute approximate surface area is 114 Å². The van der Waals surface area contributed by atoms with Gasteiger partial charge in [-0.25, -0.2) is 13.4 Å². The van der Waals surface area contributed by atoms with Crippen LogP contribution in [0, 0.1) is 5.92 Å². The van der Waals surface area contributed by atoms with E-state index in [1.807, 2.05) is 6.20 Å². The average Bonchev–Trinajstić information content (AvgIpc) is 2.71. The lowest BCUT2D eigenvalue weighted by Gasteiger charge is -2.21. The van der Waals surface area contributed by atoms with Gasteiger partial charge in [-0.1, -0.05) is 0 Å². The highest BCUT2D eigenvalue weighted by Crippen LogP contribution is 2.25. The Morgan fingerprint density at radius 1 is 1.37 bits per heavy atom. The van der Waals surface area contributed by atoms with Crippen molar-refractivity contribution in [3.05, 3.63) is 17.7 Å². The van der Waals surface area contributed by atoms with E-state index in [0.717, 1.165) is 50.0 Å². The van der Waals surface area contributed by atoms with Gasteiger partial charge in [-0.2, -0.15) is 0 Å². The lowest BCUT2D eigenvalue weighted by atomic mass is 10.00. The van der Waals surface area contributed by atoms with Gasteiger partial charge in [0.2, 0.25) is 0 Å². The summed E-state index contributed by atoms with van der Waals surface area (Å²) >= 11 is 0. The normalized spacial score (nSPS) is 29.9. The SMILES string of the molecule is NC1CCCc2nc(CC3CCCS(=O)(=O)C3)cn21. The molecule has 0 aliphatic carbocycles. The van der Waals surface area contributed by atoms with Gasteiger partial charge in [-0.05, 0) is 38.0 Å². The molecule has 2 aliphatic heterocycles. The number of nitrogens with zero attached hydrogens (tertiary/aromatic N) is 2. The van der Waals surface area contributed by atoms with Gasteiger partial charge >= 0.3 is 0 Å². The maximum atomic E-state index is 11.7. The number of aromatic nitrogens is 2. The second-order valence-electron chi connectivity index (χ2n) is 5.84. The van der Waals surface area contributed by atoms with Crippen LogP contribution in [0.15, 0.2) is 6.20 Å². The van der Waals surface area contributed by atoms with Gasteiger partial charge < -0.3 is 10.3 Å². The minimum Gasteiger partial charge on any atom is -0.319 e. The minimum atomic E-state index is -2.82. The van der Waals surface area contributed by atoms with Gasteiger partial charge in [0.05, 0.1) is 23.4 Å². The molecule has 0 spiro atoms. The third kappa shape index (κ3) is 2.84. The van der Waals surface area contributed by atoms with Gasteiger partial charge in [0.25, 0.3) is 0 Å². The molecule has 6 heteroatoms. The largest absolute Gasteiger partial charge is 0.319 e. The Bertz CT molecular complexity index is 564. The van der Waals surface area contributed by atoms with Crippen molar-refractivity contribution in [1.29, 1.82) is 0 Å². The van der Waals surface area contributed by atoms with Crippen LogP contribution < -0.4 is 5.73 Å². The van der Waals surface area contributed by atoms with Crippen molar-refractivity contribution in [3.63, 3.8) is 0 Å². The molecule has 5 nitrogen and oxygen atoms in total. The molecule has 3 heterocycles. The molecule has 2 atom stereocenters. The molecule has 0 bridgehead atoms. The van der Waals surface area contributed by atoms with Crippen molar-refractivity contribution in [2.45, 2.75) is 44.7 Å². The molecule has 0 amide bonds. The molecule has 1 aromatic heterocycles. The van der Waals surface area contributed by atoms with Crippen molar-refractivity contribution >= 4 is 9.84 Å². The summed E-state index contributed by atoms with van der Waals surface area (Å²) in [5.41, 5.74) is 7.07. The molecule has 1 saturated heterocycles. The van der Waals surface area contributed by atoms with E-state index in [1.165, 1.54) is 0 Å². The molecular formula is C13H21N3O2S. The second-order valence-corrected chi connectivity index (χ2v) is 8.07. The Kier molecular flexibility index (Phi) is 3.39. The number of sulfone groups is 1. The number of aryl methyl sites for hydroxylation is 1. The van der Waals surface area contributed by atoms with Gasteiger partial charge in [-0.15, -0.1) is 0 Å². The molecule has 1 aromatic rings. The molecule has 0 radical (unpaired) electrons. The van der Waals surface area contributed by atoms with Crippen molar-refractivity contribution in [1.82, 2.24) is 9.55 Å². The van der Waals surface area contributed by atoms with Crippen molar-refractivity contribution in [3.8, 4) is 0 Å². The van der Waals surface area contributed by atoms with Crippen LogP contribution >= 0.6 is 0 Å². The maximum Gasteiger partial charge on any atom is 0.150 e. The van der Waals surface area contributed by atoms with Gasteiger partial charge in [0, 0.05) is 12.6 Å². The molecule has 19 heavy (non-hydrogen) atoms. The summed E-state index contributed by atoms with van der Waals surface area (Å²) < 4.78 is 25.4. The quantitative estimate of drug-likeness (QED) is 0.880. The Hall–Kier alpha value is -0.880. The van der Waals surface area contributed by atoms with Crippen LogP contribution in [-0.4, -0.2) is 29.5 Å². The first-order valence-electron chi connectivity index (χ1n) is 7.06. The molecule has 0 aromatic carbocycles. The molecule has 2 aliphatic rings. The lowest BCUT2D eigenvalue weighted by Crippen LogP contribution is -2.26. The average molecular weight is 283 g/mol. The Balaban J connectivity index is 1.73. The molecule has 2 N–H and O–H groups in total. The van der Waals surface area contributed by atoms with E-state index in [9.17, 15) is 8.42 Å². The molecule has 106 valence electrons. The van der Waals surface area contributed by atoms with E-state index in [2.05, 4.69) is 9.55 Å². The third-order valence-corrected chi connectivity index (χ3v) is 6.06. The van der Waals surface area contributed by atoms with E-state index in [4.69, 9.17) is 5.73 Å².